The number of hydrogen-bond donors (Lipinski definition) is 0. The lowest BCUT2D eigenvalue weighted by molar-refractivity contribution is 0.128. The molecule has 0 nitrogen and oxygen atoms in total. The van der Waals surface area contributed by atoms with Gasteiger partial charge in [0.2, 0.25) is 0 Å². The van der Waals surface area contributed by atoms with E-state index >= 15 is 0 Å². The van der Waals surface area contributed by atoms with Crippen LogP contribution in [0.3, 0.4) is 0 Å². The Morgan fingerprint density at radius 2 is 1.50 bits per heavy atom. The zero-order valence-corrected chi connectivity index (χ0v) is 10.4. The van der Waals surface area contributed by atoms with Crippen molar-refractivity contribution in [1.82, 2.24) is 0 Å². The van der Waals surface area contributed by atoms with Gasteiger partial charge in [-0.1, -0.05) is 59.3 Å². The summed E-state index contributed by atoms with van der Waals surface area (Å²) >= 11 is 0. The van der Waals surface area contributed by atoms with E-state index in [1.54, 1.807) is 25.7 Å². The van der Waals surface area contributed by atoms with Gasteiger partial charge in [0, 0.05) is 0 Å². The molecule has 0 radical (unpaired) electrons. The van der Waals surface area contributed by atoms with Gasteiger partial charge < -0.3 is 0 Å². The van der Waals surface area contributed by atoms with Gasteiger partial charge >= 0.3 is 0 Å². The first-order valence-corrected chi connectivity index (χ1v) is 6.90. The second-order valence-corrected chi connectivity index (χ2v) is 4.89. The van der Waals surface area contributed by atoms with Crippen LogP contribution in [-0.4, -0.2) is 0 Å². The van der Waals surface area contributed by atoms with Gasteiger partial charge in [-0.15, -0.1) is 0 Å². The summed E-state index contributed by atoms with van der Waals surface area (Å²) in [5, 5.41) is 0. The van der Waals surface area contributed by atoms with Crippen LogP contribution in [0.4, 0.5) is 0 Å². The van der Waals surface area contributed by atoms with Gasteiger partial charge in [0.15, 0.2) is 0 Å². The molecule has 0 saturated heterocycles. The van der Waals surface area contributed by atoms with E-state index in [4.69, 9.17) is 0 Å². The second kappa shape index (κ2) is 6.48. The third kappa shape index (κ3) is 3.00. The Balaban J connectivity index is 0.000000461. The van der Waals surface area contributed by atoms with Crippen LogP contribution in [0.1, 0.15) is 72.1 Å². The molecule has 2 saturated carbocycles. The van der Waals surface area contributed by atoms with Crippen LogP contribution in [0.25, 0.3) is 0 Å². The summed E-state index contributed by atoms with van der Waals surface area (Å²) in [7, 11) is 0. The predicted molar refractivity (Wildman–Crippen MR) is 64.4 cm³/mol. The van der Waals surface area contributed by atoms with Crippen LogP contribution in [0.15, 0.2) is 0 Å². The second-order valence-electron chi connectivity index (χ2n) is 4.89. The Morgan fingerprint density at radius 3 is 2.14 bits per heavy atom. The molecular weight excluding hydrogens is 168 g/mol. The number of rotatable bonds is 1. The molecule has 0 aromatic heterocycles. The Morgan fingerprint density at radius 1 is 0.857 bits per heavy atom. The van der Waals surface area contributed by atoms with Crippen molar-refractivity contribution in [1.29, 1.82) is 0 Å². The van der Waals surface area contributed by atoms with Crippen molar-refractivity contribution in [3.63, 3.8) is 0 Å². The molecule has 0 N–H and O–H groups in total. The summed E-state index contributed by atoms with van der Waals surface area (Å²) < 4.78 is 0. The summed E-state index contributed by atoms with van der Waals surface area (Å²) in [6.07, 6.45) is 12.3. The minimum Gasteiger partial charge on any atom is -0.0683 e. The van der Waals surface area contributed by atoms with Crippen molar-refractivity contribution >= 4 is 0 Å². The highest BCUT2D eigenvalue weighted by Crippen LogP contribution is 2.43. The van der Waals surface area contributed by atoms with Crippen LogP contribution in [-0.2, 0) is 0 Å². The first-order chi connectivity index (χ1) is 6.90. The van der Waals surface area contributed by atoms with Gasteiger partial charge in [-0.2, -0.15) is 0 Å². The van der Waals surface area contributed by atoms with Gasteiger partial charge in [0.1, 0.15) is 0 Å². The van der Waals surface area contributed by atoms with E-state index in [0.29, 0.717) is 0 Å². The average Bonchev–Trinajstić information content (AvgIpc) is 2.31. The molecule has 84 valence electrons. The number of hydrogen-bond acceptors (Lipinski definition) is 0. The Kier molecular flexibility index (Phi) is 5.59. The Hall–Kier alpha value is 0. The fourth-order valence-electron chi connectivity index (χ4n) is 3.34. The molecule has 0 heterocycles. The Bertz CT molecular complexity index is 139. The lowest BCUT2D eigenvalue weighted by atomic mass is 9.67. The van der Waals surface area contributed by atoms with Crippen molar-refractivity contribution < 1.29 is 0 Å². The minimum absolute atomic E-state index is 1.09. The third-order valence-electron chi connectivity index (χ3n) is 4.23. The van der Waals surface area contributed by atoms with Crippen LogP contribution >= 0.6 is 0 Å². The standard InChI is InChI=1S/C12H22.C2H6/c1-2-10-7-8-11-5-3-4-6-12(11)9-10;1-2/h10-12H,2-9H2,1H3;1-2H3/t10?,11?,12-;/m0./s1. The van der Waals surface area contributed by atoms with Crippen molar-refractivity contribution in [2.24, 2.45) is 17.8 Å². The van der Waals surface area contributed by atoms with Crippen molar-refractivity contribution in [3.8, 4) is 0 Å². The third-order valence-corrected chi connectivity index (χ3v) is 4.23. The van der Waals surface area contributed by atoms with Crippen LogP contribution in [0.5, 0.6) is 0 Å². The molecular formula is C14H28. The van der Waals surface area contributed by atoms with Crippen molar-refractivity contribution in [2.75, 3.05) is 0 Å². The van der Waals surface area contributed by atoms with E-state index in [1.165, 1.54) is 25.7 Å². The largest absolute Gasteiger partial charge is 0.0683 e. The summed E-state index contributed by atoms with van der Waals surface area (Å²) in [5.41, 5.74) is 0. The van der Waals surface area contributed by atoms with E-state index in [-0.39, 0.29) is 0 Å². The molecule has 2 rings (SSSR count). The molecule has 0 amide bonds. The molecule has 3 atom stereocenters. The quantitative estimate of drug-likeness (QED) is 0.552. The molecule has 2 unspecified atom stereocenters. The predicted octanol–water partition coefficient (Wildman–Crippen LogP) is 5.03. The zero-order chi connectivity index (χ0) is 10.4. The van der Waals surface area contributed by atoms with E-state index in [0.717, 1.165) is 17.8 Å². The molecule has 0 bridgehead atoms. The van der Waals surface area contributed by atoms with Crippen molar-refractivity contribution in [3.05, 3.63) is 0 Å². The van der Waals surface area contributed by atoms with Crippen molar-refractivity contribution in [2.45, 2.75) is 72.1 Å². The summed E-state index contributed by atoms with van der Waals surface area (Å²) in [6.45, 7) is 6.37. The van der Waals surface area contributed by atoms with Gasteiger partial charge in [-0.05, 0) is 30.6 Å². The number of fused-ring (bicyclic) bond motifs is 1. The van der Waals surface area contributed by atoms with E-state index < -0.39 is 0 Å². The highest BCUT2D eigenvalue weighted by atomic mass is 14.4. The summed E-state index contributed by atoms with van der Waals surface area (Å²) in [5.74, 6) is 3.36. The molecule has 2 fully saturated rings. The molecule has 2 aliphatic rings. The fraction of sp³-hybridized carbons (Fsp3) is 1.00. The van der Waals surface area contributed by atoms with Gasteiger partial charge in [0.25, 0.3) is 0 Å². The fourth-order valence-corrected chi connectivity index (χ4v) is 3.34. The summed E-state index contributed by atoms with van der Waals surface area (Å²) in [4.78, 5) is 0. The molecule has 0 spiro atoms. The smallest absolute Gasteiger partial charge is 0.0383 e. The van der Waals surface area contributed by atoms with E-state index in [2.05, 4.69) is 6.92 Å². The van der Waals surface area contributed by atoms with Gasteiger partial charge in [-0.25, -0.2) is 0 Å². The zero-order valence-electron chi connectivity index (χ0n) is 10.4. The molecule has 0 heteroatoms. The maximum atomic E-state index is 2.37. The monoisotopic (exact) mass is 196 g/mol. The van der Waals surface area contributed by atoms with Crippen LogP contribution < -0.4 is 0 Å². The SMILES string of the molecule is CC.CCC1CCC2CCCC[C@H]2C1. The molecule has 0 aromatic carbocycles. The maximum Gasteiger partial charge on any atom is -0.0383 e. The van der Waals surface area contributed by atoms with E-state index in [9.17, 15) is 0 Å². The average molecular weight is 196 g/mol. The van der Waals surface area contributed by atoms with Crippen LogP contribution in [0, 0.1) is 17.8 Å². The van der Waals surface area contributed by atoms with Gasteiger partial charge in [0.05, 0.1) is 0 Å². The van der Waals surface area contributed by atoms with E-state index in [1.807, 2.05) is 13.8 Å². The molecule has 14 heavy (non-hydrogen) atoms. The lowest BCUT2D eigenvalue weighted by Crippen LogP contribution is -2.27. The molecule has 0 aliphatic heterocycles. The Labute approximate surface area is 90.5 Å². The minimum atomic E-state index is 1.09. The first-order valence-electron chi connectivity index (χ1n) is 6.90. The highest BCUT2D eigenvalue weighted by molar-refractivity contribution is 4.82. The highest BCUT2D eigenvalue weighted by Gasteiger charge is 2.30. The normalized spacial score (nSPS) is 36.6. The maximum absolute atomic E-state index is 2.37. The van der Waals surface area contributed by atoms with Crippen LogP contribution in [0.2, 0.25) is 0 Å². The topological polar surface area (TPSA) is 0 Å². The van der Waals surface area contributed by atoms with Gasteiger partial charge in [-0.3, -0.25) is 0 Å². The lowest BCUT2D eigenvalue weighted by Gasteiger charge is -2.39. The summed E-state index contributed by atoms with van der Waals surface area (Å²) in [6, 6.07) is 0. The molecule has 2 aliphatic carbocycles. The molecule has 0 aromatic rings. The first kappa shape index (κ1) is 12.1.